The van der Waals surface area contributed by atoms with Crippen LogP contribution in [0.15, 0.2) is 18.2 Å². The minimum atomic E-state index is -4.28. The number of rotatable bonds is 2. The van der Waals surface area contributed by atoms with Crippen molar-refractivity contribution in [3.8, 4) is 0 Å². The van der Waals surface area contributed by atoms with Gasteiger partial charge < -0.3 is 4.57 Å². The third-order valence-electron chi connectivity index (χ3n) is 2.44. The largest absolute Gasteiger partial charge is 0.406 e. The van der Waals surface area contributed by atoms with Crippen molar-refractivity contribution in [3.63, 3.8) is 0 Å². The molecule has 0 aliphatic heterocycles. The molecule has 0 N–H and O–H groups in total. The van der Waals surface area contributed by atoms with E-state index in [9.17, 15) is 13.2 Å². The van der Waals surface area contributed by atoms with Crippen molar-refractivity contribution in [3.05, 3.63) is 29.6 Å². The van der Waals surface area contributed by atoms with Crippen molar-refractivity contribution in [2.75, 3.05) is 0 Å². The lowest BCUT2D eigenvalue weighted by Crippen LogP contribution is -2.19. The first-order valence-electron chi connectivity index (χ1n) is 4.99. The molecule has 0 atom stereocenters. The third kappa shape index (κ3) is 2.54. The van der Waals surface area contributed by atoms with Crippen molar-refractivity contribution in [2.45, 2.75) is 25.5 Å². The molecule has 1 aromatic carbocycles. The molecule has 0 unspecified atom stereocenters. The first-order valence-corrected chi connectivity index (χ1v) is 5.52. The van der Waals surface area contributed by atoms with E-state index in [0.29, 0.717) is 11.0 Å². The lowest BCUT2D eigenvalue weighted by Gasteiger charge is -2.10. The Balaban J connectivity index is 2.58. The third-order valence-corrected chi connectivity index (χ3v) is 2.68. The molecule has 2 rings (SSSR count). The van der Waals surface area contributed by atoms with Gasteiger partial charge in [-0.25, -0.2) is 4.98 Å². The molecule has 0 aliphatic carbocycles. The molecular weight excluding hydrogens is 253 g/mol. The van der Waals surface area contributed by atoms with E-state index in [1.54, 1.807) is 18.2 Å². The highest BCUT2D eigenvalue weighted by Crippen LogP contribution is 2.24. The SMILES string of the molecule is Cc1ccc2c(c1)nc(CCl)n2CC(F)(F)F. The molecule has 2 aromatic rings. The van der Waals surface area contributed by atoms with Gasteiger partial charge in [0.15, 0.2) is 0 Å². The summed E-state index contributed by atoms with van der Waals surface area (Å²) in [6.45, 7) is 0.803. The second-order valence-corrected chi connectivity index (χ2v) is 4.12. The number of alkyl halides is 4. The number of nitrogens with zero attached hydrogens (tertiary/aromatic N) is 2. The molecule has 2 nitrogen and oxygen atoms in total. The van der Waals surface area contributed by atoms with Gasteiger partial charge in [-0.3, -0.25) is 0 Å². The fourth-order valence-electron chi connectivity index (χ4n) is 1.75. The summed E-state index contributed by atoms with van der Waals surface area (Å²) in [5, 5.41) is 0. The Morgan fingerprint density at radius 2 is 2.06 bits per heavy atom. The zero-order valence-electron chi connectivity index (χ0n) is 9.05. The highest BCUT2D eigenvalue weighted by atomic mass is 35.5. The van der Waals surface area contributed by atoms with Gasteiger partial charge in [-0.05, 0) is 24.6 Å². The lowest BCUT2D eigenvalue weighted by molar-refractivity contribution is -0.140. The smallest absolute Gasteiger partial charge is 0.318 e. The van der Waals surface area contributed by atoms with Gasteiger partial charge >= 0.3 is 6.18 Å². The van der Waals surface area contributed by atoms with E-state index in [2.05, 4.69) is 4.98 Å². The van der Waals surface area contributed by atoms with Gasteiger partial charge in [0.1, 0.15) is 12.4 Å². The first-order chi connectivity index (χ1) is 7.90. The van der Waals surface area contributed by atoms with E-state index in [1.807, 2.05) is 6.92 Å². The zero-order chi connectivity index (χ0) is 12.6. The number of hydrogen-bond donors (Lipinski definition) is 0. The molecule has 0 saturated carbocycles. The number of halogens is 4. The minimum absolute atomic E-state index is 0.0379. The van der Waals surface area contributed by atoms with E-state index >= 15 is 0 Å². The Morgan fingerprint density at radius 3 is 2.65 bits per heavy atom. The maximum atomic E-state index is 12.5. The van der Waals surface area contributed by atoms with Crippen molar-refractivity contribution < 1.29 is 13.2 Å². The standard InChI is InChI=1S/C11H10ClF3N2/c1-7-2-3-9-8(4-7)16-10(5-12)17(9)6-11(13,14)15/h2-4H,5-6H2,1H3. The minimum Gasteiger partial charge on any atom is -0.318 e. The van der Waals surface area contributed by atoms with Crippen molar-refractivity contribution in [1.29, 1.82) is 0 Å². The molecule has 0 radical (unpaired) electrons. The predicted octanol–water partition coefficient (Wildman–Crippen LogP) is 3.65. The summed E-state index contributed by atoms with van der Waals surface area (Å²) >= 11 is 5.62. The molecule has 0 fully saturated rings. The van der Waals surface area contributed by atoms with E-state index in [1.165, 1.54) is 0 Å². The molecule has 1 heterocycles. The molecule has 92 valence electrons. The Kier molecular flexibility index (Phi) is 3.03. The second kappa shape index (κ2) is 4.22. The van der Waals surface area contributed by atoms with Crippen LogP contribution in [-0.4, -0.2) is 15.7 Å². The van der Waals surface area contributed by atoms with Crippen LogP contribution < -0.4 is 0 Å². The van der Waals surface area contributed by atoms with Crippen LogP contribution in [0.1, 0.15) is 11.4 Å². The van der Waals surface area contributed by atoms with Gasteiger partial charge in [0, 0.05) is 0 Å². The second-order valence-electron chi connectivity index (χ2n) is 3.86. The number of aryl methyl sites for hydroxylation is 1. The predicted molar refractivity (Wildman–Crippen MR) is 60.1 cm³/mol. The summed E-state index contributed by atoms with van der Waals surface area (Å²) in [6.07, 6.45) is -4.28. The van der Waals surface area contributed by atoms with Crippen LogP contribution in [0, 0.1) is 6.92 Å². The Labute approximate surface area is 101 Å². The Morgan fingerprint density at radius 1 is 1.35 bits per heavy atom. The van der Waals surface area contributed by atoms with E-state index in [0.717, 1.165) is 10.1 Å². The summed E-state index contributed by atoms with van der Waals surface area (Å²) < 4.78 is 38.5. The molecule has 0 aliphatic rings. The van der Waals surface area contributed by atoms with Crippen molar-refractivity contribution in [2.24, 2.45) is 0 Å². The topological polar surface area (TPSA) is 17.8 Å². The summed E-state index contributed by atoms with van der Waals surface area (Å²) in [6, 6.07) is 5.15. The van der Waals surface area contributed by atoms with Gasteiger partial charge in [0.2, 0.25) is 0 Å². The van der Waals surface area contributed by atoms with E-state index in [4.69, 9.17) is 11.6 Å². The summed E-state index contributed by atoms with van der Waals surface area (Å²) in [4.78, 5) is 4.11. The van der Waals surface area contributed by atoms with Crippen LogP contribution in [0.3, 0.4) is 0 Å². The summed E-state index contributed by atoms with van der Waals surface area (Å²) in [5.41, 5.74) is 1.96. The summed E-state index contributed by atoms with van der Waals surface area (Å²) in [5.74, 6) is 0.202. The monoisotopic (exact) mass is 262 g/mol. The maximum absolute atomic E-state index is 12.5. The Hall–Kier alpha value is -1.23. The average Bonchev–Trinajstić information content (AvgIpc) is 2.53. The van der Waals surface area contributed by atoms with Crippen molar-refractivity contribution in [1.82, 2.24) is 9.55 Å². The fraction of sp³-hybridized carbons (Fsp3) is 0.364. The molecule has 0 amide bonds. The normalized spacial score (nSPS) is 12.3. The Bertz CT molecular complexity index is 545. The van der Waals surface area contributed by atoms with Crippen LogP contribution in [-0.2, 0) is 12.4 Å². The highest BCUT2D eigenvalue weighted by molar-refractivity contribution is 6.16. The van der Waals surface area contributed by atoms with Gasteiger partial charge in [-0.1, -0.05) is 6.07 Å². The molecule has 0 spiro atoms. The fourth-order valence-corrected chi connectivity index (χ4v) is 1.95. The van der Waals surface area contributed by atoms with Crippen LogP contribution in [0.25, 0.3) is 11.0 Å². The maximum Gasteiger partial charge on any atom is 0.406 e. The number of imidazole rings is 1. The number of benzene rings is 1. The number of hydrogen-bond acceptors (Lipinski definition) is 1. The van der Waals surface area contributed by atoms with Crippen LogP contribution in [0.2, 0.25) is 0 Å². The molecule has 1 aromatic heterocycles. The lowest BCUT2D eigenvalue weighted by atomic mass is 10.2. The van der Waals surface area contributed by atoms with Crippen molar-refractivity contribution >= 4 is 22.6 Å². The molecular formula is C11H10ClF3N2. The van der Waals surface area contributed by atoms with Crippen LogP contribution >= 0.6 is 11.6 Å². The quantitative estimate of drug-likeness (QED) is 0.756. The van der Waals surface area contributed by atoms with Gasteiger partial charge in [-0.15, -0.1) is 11.6 Å². The van der Waals surface area contributed by atoms with Crippen LogP contribution in [0.4, 0.5) is 13.2 Å². The molecule has 6 heteroatoms. The van der Waals surface area contributed by atoms with Gasteiger partial charge in [0.05, 0.1) is 16.9 Å². The van der Waals surface area contributed by atoms with E-state index < -0.39 is 12.7 Å². The van der Waals surface area contributed by atoms with Gasteiger partial charge in [0.25, 0.3) is 0 Å². The molecule has 17 heavy (non-hydrogen) atoms. The van der Waals surface area contributed by atoms with Crippen LogP contribution in [0.5, 0.6) is 0 Å². The van der Waals surface area contributed by atoms with Gasteiger partial charge in [-0.2, -0.15) is 13.2 Å². The molecule has 0 saturated heterocycles. The highest BCUT2D eigenvalue weighted by Gasteiger charge is 2.30. The number of aromatic nitrogens is 2. The first kappa shape index (κ1) is 12.2. The molecule has 0 bridgehead atoms. The van der Waals surface area contributed by atoms with E-state index in [-0.39, 0.29) is 11.7 Å². The number of fused-ring (bicyclic) bond motifs is 1. The average molecular weight is 263 g/mol. The summed E-state index contributed by atoms with van der Waals surface area (Å²) in [7, 11) is 0. The zero-order valence-corrected chi connectivity index (χ0v) is 9.81.